The molecule has 0 aromatic heterocycles. The molecular formula is C9H11NO3S. The summed E-state index contributed by atoms with van der Waals surface area (Å²) < 4.78 is 21.3. The Hall–Kier alpha value is -1.20. The van der Waals surface area contributed by atoms with Gasteiger partial charge in [0, 0.05) is 5.56 Å². The van der Waals surface area contributed by atoms with Crippen LogP contribution in [0.15, 0.2) is 24.3 Å². The van der Waals surface area contributed by atoms with E-state index in [1.807, 2.05) is 13.0 Å². The second-order valence-corrected chi connectivity index (χ2v) is 4.71. The summed E-state index contributed by atoms with van der Waals surface area (Å²) in [5.41, 5.74) is 1.28. The maximum absolute atomic E-state index is 11.4. The average Bonchev–Trinajstić information content (AvgIpc) is 2.01. The number of Topliss-reactive ketones (excluding diaryl/α,β-unsaturated/α-hetero) is 1. The van der Waals surface area contributed by atoms with Crippen molar-refractivity contribution in [1.29, 1.82) is 0 Å². The summed E-state index contributed by atoms with van der Waals surface area (Å²) in [7, 11) is -3.73. The summed E-state index contributed by atoms with van der Waals surface area (Å²) in [6.07, 6.45) is 0. The number of rotatable bonds is 3. The molecule has 0 unspecified atom stereocenters. The molecule has 76 valence electrons. The van der Waals surface area contributed by atoms with Crippen molar-refractivity contribution < 1.29 is 13.2 Å². The fourth-order valence-corrected chi connectivity index (χ4v) is 1.62. The molecule has 0 heterocycles. The number of benzene rings is 1. The molecule has 0 amide bonds. The lowest BCUT2D eigenvalue weighted by atomic mass is 10.1. The summed E-state index contributed by atoms with van der Waals surface area (Å²) in [5.74, 6) is -1.12. The Morgan fingerprint density at radius 1 is 1.43 bits per heavy atom. The highest BCUT2D eigenvalue weighted by Crippen LogP contribution is 2.05. The molecule has 5 heteroatoms. The topological polar surface area (TPSA) is 77.2 Å². The molecule has 0 aliphatic heterocycles. The van der Waals surface area contributed by atoms with Crippen LogP contribution in [-0.2, 0) is 10.0 Å². The lowest BCUT2D eigenvalue weighted by molar-refractivity contribution is 0.102. The summed E-state index contributed by atoms with van der Waals surface area (Å²) in [4.78, 5) is 11.4. The molecule has 0 bridgehead atoms. The maximum Gasteiger partial charge on any atom is 0.216 e. The Labute approximate surface area is 82.8 Å². The lowest BCUT2D eigenvalue weighted by Crippen LogP contribution is -2.23. The monoisotopic (exact) mass is 213 g/mol. The maximum atomic E-state index is 11.4. The van der Waals surface area contributed by atoms with Gasteiger partial charge in [0.05, 0.1) is 0 Å². The van der Waals surface area contributed by atoms with Crippen molar-refractivity contribution in [2.75, 3.05) is 5.75 Å². The van der Waals surface area contributed by atoms with Gasteiger partial charge in [0.2, 0.25) is 10.0 Å². The number of carbonyl (C=O) groups excluding carboxylic acids is 1. The van der Waals surface area contributed by atoms with Crippen molar-refractivity contribution in [2.24, 2.45) is 5.14 Å². The van der Waals surface area contributed by atoms with Gasteiger partial charge in [0.1, 0.15) is 5.75 Å². The van der Waals surface area contributed by atoms with Gasteiger partial charge in [0.15, 0.2) is 5.78 Å². The van der Waals surface area contributed by atoms with Gasteiger partial charge >= 0.3 is 0 Å². The van der Waals surface area contributed by atoms with Crippen LogP contribution in [0.4, 0.5) is 0 Å². The first-order valence-corrected chi connectivity index (χ1v) is 5.70. The molecular weight excluding hydrogens is 202 g/mol. The minimum atomic E-state index is -3.73. The van der Waals surface area contributed by atoms with Crippen LogP contribution >= 0.6 is 0 Å². The van der Waals surface area contributed by atoms with E-state index < -0.39 is 21.6 Å². The molecule has 1 rings (SSSR count). The molecule has 0 saturated heterocycles. The van der Waals surface area contributed by atoms with E-state index in [0.717, 1.165) is 5.56 Å². The van der Waals surface area contributed by atoms with Gasteiger partial charge in [-0.15, -0.1) is 0 Å². The average molecular weight is 213 g/mol. The van der Waals surface area contributed by atoms with Gasteiger partial charge in [-0.2, -0.15) is 0 Å². The van der Waals surface area contributed by atoms with E-state index in [1.165, 1.54) is 0 Å². The van der Waals surface area contributed by atoms with Gasteiger partial charge in [-0.25, -0.2) is 13.6 Å². The Kier molecular flexibility index (Phi) is 3.03. The van der Waals surface area contributed by atoms with Crippen LogP contribution in [0.2, 0.25) is 0 Å². The fraction of sp³-hybridized carbons (Fsp3) is 0.222. The smallest absolute Gasteiger partial charge is 0.216 e. The van der Waals surface area contributed by atoms with Crippen LogP contribution in [-0.4, -0.2) is 20.0 Å². The zero-order valence-electron chi connectivity index (χ0n) is 7.73. The Morgan fingerprint density at radius 2 is 2.07 bits per heavy atom. The molecule has 2 N–H and O–H groups in total. The van der Waals surface area contributed by atoms with E-state index in [1.54, 1.807) is 18.2 Å². The van der Waals surface area contributed by atoms with Crippen LogP contribution in [0.3, 0.4) is 0 Å². The summed E-state index contributed by atoms with van der Waals surface area (Å²) in [6.45, 7) is 1.83. The van der Waals surface area contributed by atoms with Crippen molar-refractivity contribution >= 4 is 15.8 Å². The van der Waals surface area contributed by atoms with Crippen molar-refractivity contribution in [3.63, 3.8) is 0 Å². The number of hydrogen-bond donors (Lipinski definition) is 1. The molecule has 1 aromatic rings. The zero-order chi connectivity index (χ0) is 10.8. The third kappa shape index (κ3) is 3.27. The van der Waals surface area contributed by atoms with E-state index >= 15 is 0 Å². The van der Waals surface area contributed by atoms with E-state index in [9.17, 15) is 13.2 Å². The summed E-state index contributed by atoms with van der Waals surface area (Å²) in [5, 5.41) is 4.76. The van der Waals surface area contributed by atoms with Crippen molar-refractivity contribution in [3.8, 4) is 0 Å². The van der Waals surface area contributed by atoms with E-state index in [2.05, 4.69) is 0 Å². The predicted molar refractivity (Wildman–Crippen MR) is 53.5 cm³/mol. The van der Waals surface area contributed by atoms with Crippen molar-refractivity contribution in [2.45, 2.75) is 6.92 Å². The quantitative estimate of drug-likeness (QED) is 0.741. The SMILES string of the molecule is Cc1cccc(C(=O)CS(N)(=O)=O)c1. The lowest BCUT2D eigenvalue weighted by Gasteiger charge is -2.00. The number of sulfonamides is 1. The van der Waals surface area contributed by atoms with E-state index in [4.69, 9.17) is 5.14 Å². The minimum Gasteiger partial charge on any atom is -0.293 e. The highest BCUT2D eigenvalue weighted by molar-refractivity contribution is 7.89. The van der Waals surface area contributed by atoms with E-state index in [-0.39, 0.29) is 0 Å². The highest BCUT2D eigenvalue weighted by atomic mass is 32.2. The number of primary sulfonamides is 1. The normalized spacial score (nSPS) is 11.3. The number of carbonyl (C=O) groups is 1. The highest BCUT2D eigenvalue weighted by Gasteiger charge is 2.13. The van der Waals surface area contributed by atoms with Gasteiger partial charge in [-0.05, 0) is 13.0 Å². The van der Waals surface area contributed by atoms with Crippen LogP contribution in [0.25, 0.3) is 0 Å². The fourth-order valence-electron chi connectivity index (χ4n) is 1.08. The molecule has 4 nitrogen and oxygen atoms in total. The Bertz CT molecular complexity index is 451. The molecule has 0 aliphatic rings. The molecule has 14 heavy (non-hydrogen) atoms. The third-order valence-electron chi connectivity index (χ3n) is 1.67. The number of nitrogens with two attached hydrogens (primary N) is 1. The second-order valence-electron chi connectivity index (χ2n) is 3.10. The summed E-state index contributed by atoms with van der Waals surface area (Å²) >= 11 is 0. The first kappa shape index (κ1) is 10.9. The molecule has 0 saturated carbocycles. The first-order chi connectivity index (χ1) is 6.38. The van der Waals surface area contributed by atoms with E-state index in [0.29, 0.717) is 5.56 Å². The van der Waals surface area contributed by atoms with Crippen LogP contribution < -0.4 is 5.14 Å². The van der Waals surface area contributed by atoms with Crippen molar-refractivity contribution in [1.82, 2.24) is 0 Å². The van der Waals surface area contributed by atoms with Crippen LogP contribution in [0, 0.1) is 6.92 Å². The molecule has 0 atom stereocenters. The molecule has 1 aromatic carbocycles. The first-order valence-electron chi connectivity index (χ1n) is 3.99. The van der Waals surface area contributed by atoms with Gasteiger partial charge in [-0.1, -0.05) is 23.8 Å². The number of ketones is 1. The third-order valence-corrected chi connectivity index (χ3v) is 2.34. The van der Waals surface area contributed by atoms with Gasteiger partial charge < -0.3 is 0 Å². The van der Waals surface area contributed by atoms with Gasteiger partial charge in [-0.3, -0.25) is 4.79 Å². The predicted octanol–water partition coefficient (Wildman–Crippen LogP) is 0.466. The van der Waals surface area contributed by atoms with Crippen LogP contribution in [0.5, 0.6) is 0 Å². The largest absolute Gasteiger partial charge is 0.293 e. The Morgan fingerprint density at radius 3 is 2.57 bits per heavy atom. The molecule has 0 aliphatic carbocycles. The molecule has 0 spiro atoms. The van der Waals surface area contributed by atoms with Crippen molar-refractivity contribution in [3.05, 3.63) is 35.4 Å². The zero-order valence-corrected chi connectivity index (χ0v) is 8.54. The summed E-state index contributed by atoms with van der Waals surface area (Å²) in [6, 6.07) is 6.73. The molecule has 0 fully saturated rings. The number of hydrogen-bond acceptors (Lipinski definition) is 3. The standard InChI is InChI=1S/C9H11NO3S/c1-7-3-2-4-8(5-7)9(11)6-14(10,12)13/h2-5H,6H2,1H3,(H2,10,12,13). The number of aryl methyl sites for hydroxylation is 1. The minimum absolute atomic E-state index is 0.374. The van der Waals surface area contributed by atoms with Crippen LogP contribution in [0.1, 0.15) is 15.9 Å². The Balaban J connectivity index is 2.91. The second kappa shape index (κ2) is 3.89. The molecule has 0 radical (unpaired) electrons. The van der Waals surface area contributed by atoms with Gasteiger partial charge in [0.25, 0.3) is 0 Å².